The zero-order valence-corrected chi connectivity index (χ0v) is 18.0. The van der Waals surface area contributed by atoms with Crippen LogP contribution in [0.5, 0.6) is 0 Å². The Labute approximate surface area is 171 Å². The van der Waals surface area contributed by atoms with E-state index in [9.17, 15) is 9.59 Å². The van der Waals surface area contributed by atoms with Gasteiger partial charge >= 0.3 is 0 Å². The third-order valence-corrected chi connectivity index (χ3v) is 5.59. The van der Waals surface area contributed by atoms with Crippen molar-refractivity contribution < 1.29 is 14.5 Å². The van der Waals surface area contributed by atoms with Gasteiger partial charge in [-0.15, -0.1) is 11.8 Å². The average molecular weight is 401 g/mol. The summed E-state index contributed by atoms with van der Waals surface area (Å²) in [7, 11) is 1.85. The van der Waals surface area contributed by atoms with Gasteiger partial charge in [-0.05, 0) is 48.9 Å². The number of benzene rings is 2. The van der Waals surface area contributed by atoms with E-state index in [4.69, 9.17) is 0 Å². The molecule has 0 aliphatic carbocycles. The Morgan fingerprint density at radius 3 is 2.25 bits per heavy atom. The molecular weight excluding hydrogens is 370 g/mol. The number of thioether (sulfide) groups is 1. The van der Waals surface area contributed by atoms with E-state index < -0.39 is 0 Å². The predicted molar refractivity (Wildman–Crippen MR) is 117 cm³/mol. The summed E-state index contributed by atoms with van der Waals surface area (Å²) in [6, 6.07) is 15.2. The van der Waals surface area contributed by atoms with Crippen LogP contribution in [0, 0.1) is 0 Å². The second-order valence-electron chi connectivity index (χ2n) is 7.26. The molecule has 0 radical (unpaired) electrons. The van der Waals surface area contributed by atoms with Gasteiger partial charge in [-0.25, -0.2) is 0 Å². The predicted octanol–water partition coefficient (Wildman–Crippen LogP) is 3.01. The molecule has 0 heterocycles. The standard InChI is InChI=1S/C22H29N3O2S/c1-15(2)17-10-12-18(13-11-17)23-22(27)16(3)25(4)14-21(26)24-19-8-6-7-9-20(19)28-5/h6-13,15-16H,14H2,1-5H3,(H,23,27)(H,24,26)/p+1/t16-/m1/s1. The first-order valence-corrected chi connectivity index (χ1v) is 10.7. The molecule has 0 fully saturated rings. The Hall–Kier alpha value is -2.31. The van der Waals surface area contributed by atoms with Crippen molar-refractivity contribution in [2.24, 2.45) is 0 Å². The summed E-state index contributed by atoms with van der Waals surface area (Å²) in [6.45, 7) is 6.31. The molecule has 3 N–H and O–H groups in total. The Bertz CT molecular complexity index is 806. The molecule has 5 nitrogen and oxygen atoms in total. The fourth-order valence-electron chi connectivity index (χ4n) is 2.77. The fourth-order valence-corrected chi connectivity index (χ4v) is 3.33. The molecule has 0 saturated heterocycles. The zero-order chi connectivity index (χ0) is 20.7. The number of rotatable bonds is 8. The topological polar surface area (TPSA) is 62.6 Å². The number of nitrogens with one attached hydrogen (secondary N) is 3. The van der Waals surface area contributed by atoms with Gasteiger partial charge in [0.15, 0.2) is 12.6 Å². The van der Waals surface area contributed by atoms with E-state index >= 15 is 0 Å². The maximum absolute atomic E-state index is 12.5. The molecule has 1 unspecified atom stereocenters. The summed E-state index contributed by atoms with van der Waals surface area (Å²) in [5.74, 6) is 0.237. The van der Waals surface area contributed by atoms with Crippen molar-refractivity contribution in [2.75, 3.05) is 30.5 Å². The lowest BCUT2D eigenvalue weighted by molar-refractivity contribution is -0.885. The SMILES string of the molecule is CSc1ccccc1NC(=O)C[NH+](C)[C@H](C)C(=O)Nc1ccc(C(C)C)cc1. The van der Waals surface area contributed by atoms with Crippen LogP contribution in [0.15, 0.2) is 53.4 Å². The van der Waals surface area contributed by atoms with Crippen molar-refractivity contribution >= 4 is 35.0 Å². The largest absolute Gasteiger partial charge is 0.321 e. The molecule has 0 aliphatic rings. The number of carbonyl (C=O) groups excluding carboxylic acids is 2. The minimum Gasteiger partial charge on any atom is -0.321 e. The van der Waals surface area contributed by atoms with Crippen molar-refractivity contribution in [1.82, 2.24) is 0 Å². The first-order chi connectivity index (χ1) is 13.3. The van der Waals surface area contributed by atoms with Gasteiger partial charge in [0.25, 0.3) is 11.8 Å². The van der Waals surface area contributed by atoms with Crippen molar-refractivity contribution in [1.29, 1.82) is 0 Å². The van der Waals surface area contributed by atoms with E-state index in [0.29, 0.717) is 5.92 Å². The first-order valence-electron chi connectivity index (χ1n) is 9.47. The molecule has 0 spiro atoms. The fraction of sp³-hybridized carbons (Fsp3) is 0.364. The normalized spacial score (nSPS) is 13.1. The number of hydrogen-bond donors (Lipinski definition) is 3. The molecule has 2 aromatic carbocycles. The quantitative estimate of drug-likeness (QED) is 0.597. The van der Waals surface area contributed by atoms with Gasteiger partial charge < -0.3 is 15.5 Å². The van der Waals surface area contributed by atoms with Crippen molar-refractivity contribution in [3.63, 3.8) is 0 Å². The minimum atomic E-state index is -0.355. The number of anilines is 2. The molecule has 6 heteroatoms. The summed E-state index contributed by atoms with van der Waals surface area (Å²) in [5.41, 5.74) is 2.80. The number of hydrogen-bond acceptors (Lipinski definition) is 3. The monoisotopic (exact) mass is 400 g/mol. The van der Waals surface area contributed by atoms with Gasteiger partial charge in [0.2, 0.25) is 0 Å². The zero-order valence-electron chi connectivity index (χ0n) is 17.2. The molecule has 0 aliphatic heterocycles. The Kier molecular flexibility index (Phi) is 8.08. The molecule has 0 saturated carbocycles. The number of para-hydroxylation sites is 1. The molecule has 2 atom stereocenters. The van der Waals surface area contributed by atoms with Crippen molar-refractivity contribution in [3.05, 3.63) is 54.1 Å². The molecule has 28 heavy (non-hydrogen) atoms. The third-order valence-electron chi connectivity index (χ3n) is 4.80. The number of amides is 2. The highest BCUT2D eigenvalue weighted by atomic mass is 32.2. The summed E-state index contributed by atoms with van der Waals surface area (Å²) < 4.78 is 0. The van der Waals surface area contributed by atoms with Crippen LogP contribution in [0.1, 0.15) is 32.3 Å². The maximum atomic E-state index is 12.5. The van der Waals surface area contributed by atoms with Crippen LogP contribution in [-0.4, -0.2) is 37.7 Å². The lowest BCUT2D eigenvalue weighted by atomic mass is 10.0. The number of quaternary nitrogens is 1. The van der Waals surface area contributed by atoms with Crippen LogP contribution in [0.2, 0.25) is 0 Å². The second kappa shape index (κ2) is 10.3. The van der Waals surface area contributed by atoms with Crippen molar-refractivity contribution in [3.8, 4) is 0 Å². The van der Waals surface area contributed by atoms with E-state index in [1.807, 2.05) is 68.8 Å². The molecule has 2 aromatic rings. The number of likely N-dealkylation sites (N-methyl/N-ethyl adjacent to an activating group) is 1. The van der Waals surface area contributed by atoms with Crippen LogP contribution >= 0.6 is 11.8 Å². The van der Waals surface area contributed by atoms with E-state index in [0.717, 1.165) is 21.2 Å². The highest BCUT2D eigenvalue weighted by molar-refractivity contribution is 7.98. The summed E-state index contributed by atoms with van der Waals surface area (Å²) in [6.07, 6.45) is 1.97. The first kappa shape index (κ1) is 22.0. The van der Waals surface area contributed by atoms with Crippen LogP contribution in [0.25, 0.3) is 0 Å². The van der Waals surface area contributed by atoms with Crippen LogP contribution in [-0.2, 0) is 9.59 Å². The van der Waals surface area contributed by atoms with E-state index in [2.05, 4.69) is 24.5 Å². The molecule has 150 valence electrons. The molecule has 2 rings (SSSR count). The van der Waals surface area contributed by atoms with E-state index in [-0.39, 0.29) is 24.4 Å². The van der Waals surface area contributed by atoms with E-state index in [1.165, 1.54) is 5.56 Å². The van der Waals surface area contributed by atoms with Crippen molar-refractivity contribution in [2.45, 2.75) is 37.6 Å². The van der Waals surface area contributed by atoms with E-state index in [1.54, 1.807) is 11.8 Å². The van der Waals surface area contributed by atoms with Gasteiger partial charge in [0, 0.05) is 10.6 Å². The molecule has 2 amide bonds. The Morgan fingerprint density at radius 2 is 1.64 bits per heavy atom. The summed E-state index contributed by atoms with van der Waals surface area (Å²) in [4.78, 5) is 26.8. The Balaban J connectivity index is 1.90. The molecular formula is C22H30N3O2S+. The highest BCUT2D eigenvalue weighted by Gasteiger charge is 2.24. The van der Waals surface area contributed by atoms with Gasteiger partial charge in [-0.2, -0.15) is 0 Å². The van der Waals surface area contributed by atoms with Crippen LogP contribution in [0.3, 0.4) is 0 Å². The van der Waals surface area contributed by atoms with Gasteiger partial charge in [-0.3, -0.25) is 9.59 Å². The maximum Gasteiger partial charge on any atom is 0.282 e. The summed E-state index contributed by atoms with van der Waals surface area (Å²) >= 11 is 1.59. The lowest BCUT2D eigenvalue weighted by Gasteiger charge is -2.21. The minimum absolute atomic E-state index is 0.105. The highest BCUT2D eigenvalue weighted by Crippen LogP contribution is 2.24. The third kappa shape index (κ3) is 6.11. The summed E-state index contributed by atoms with van der Waals surface area (Å²) in [5, 5.41) is 5.88. The van der Waals surface area contributed by atoms with Gasteiger partial charge in [-0.1, -0.05) is 38.1 Å². The average Bonchev–Trinajstić information content (AvgIpc) is 2.68. The van der Waals surface area contributed by atoms with Gasteiger partial charge in [0.1, 0.15) is 0 Å². The Morgan fingerprint density at radius 1 is 1.00 bits per heavy atom. The van der Waals surface area contributed by atoms with Crippen LogP contribution < -0.4 is 15.5 Å². The lowest BCUT2D eigenvalue weighted by Crippen LogP contribution is -3.14. The van der Waals surface area contributed by atoms with Crippen LogP contribution in [0.4, 0.5) is 11.4 Å². The smallest absolute Gasteiger partial charge is 0.282 e. The van der Waals surface area contributed by atoms with Gasteiger partial charge in [0.05, 0.1) is 12.7 Å². The second-order valence-corrected chi connectivity index (χ2v) is 8.11. The molecule has 0 bridgehead atoms. The number of carbonyl (C=O) groups is 2. The molecule has 0 aromatic heterocycles.